The Morgan fingerprint density at radius 3 is 0.938 bits per heavy atom. The Bertz CT molecular complexity index is 638. The number of hydrogen-bond donors (Lipinski definition) is 0. The molecule has 0 rings (SSSR count). The first-order valence-electron chi connectivity index (χ1n) is 7.61. The second-order valence-corrected chi connectivity index (χ2v) is 7.45. The molecule has 0 aliphatic carbocycles. The topological polar surface area (TPSA) is 18.5 Å². The van der Waals surface area contributed by atoms with E-state index < -0.39 is 69.8 Å². The van der Waals surface area contributed by atoms with E-state index in [1.165, 1.54) is 0 Å². The summed E-state index contributed by atoms with van der Waals surface area (Å²) < 4.78 is 231. The van der Waals surface area contributed by atoms with E-state index in [9.17, 15) is 74.6 Å². The van der Waals surface area contributed by atoms with E-state index in [1.54, 1.807) is 0 Å². The van der Waals surface area contributed by atoms with Crippen LogP contribution in [0.4, 0.5) is 74.6 Å². The molecule has 0 aromatic heterocycles. The Balaban J connectivity index is 6.77. The lowest BCUT2D eigenvalue weighted by atomic mass is 9.91. The molecular formula is C12H10F17O2Si. The van der Waals surface area contributed by atoms with Gasteiger partial charge < -0.3 is 8.85 Å². The summed E-state index contributed by atoms with van der Waals surface area (Å²) in [5.74, 6) is -50.1. The van der Waals surface area contributed by atoms with Crippen molar-refractivity contribution >= 4 is 9.28 Å². The van der Waals surface area contributed by atoms with Gasteiger partial charge in [0, 0.05) is 13.2 Å². The Hall–Kier alpha value is -1.05. The predicted molar refractivity (Wildman–Crippen MR) is 69.7 cm³/mol. The van der Waals surface area contributed by atoms with Crippen molar-refractivity contribution in [1.29, 1.82) is 0 Å². The van der Waals surface area contributed by atoms with Gasteiger partial charge in [-0.3, -0.25) is 0 Å². The summed E-state index contributed by atoms with van der Waals surface area (Å²) in [5, 5.41) is 0. The molecule has 0 aliphatic rings. The molecule has 0 bridgehead atoms. The summed E-state index contributed by atoms with van der Waals surface area (Å²) in [5.41, 5.74) is -6.63. The molecule has 0 saturated carbocycles. The van der Waals surface area contributed by atoms with Crippen LogP contribution in [0.15, 0.2) is 0 Å². The molecule has 0 saturated heterocycles. The lowest BCUT2D eigenvalue weighted by Gasteiger charge is -2.43. The van der Waals surface area contributed by atoms with Gasteiger partial charge in [0.15, 0.2) is 0 Å². The molecule has 0 aromatic carbocycles. The minimum absolute atomic E-state index is 0.762. The van der Waals surface area contributed by atoms with Gasteiger partial charge in [-0.15, -0.1) is 0 Å². The van der Waals surface area contributed by atoms with Crippen LogP contribution in [0.1, 0.15) is 13.8 Å². The highest BCUT2D eigenvalue weighted by Gasteiger charge is 2.96. The average Bonchev–Trinajstić information content (AvgIpc) is 2.59. The maximum atomic E-state index is 13.8. The van der Waals surface area contributed by atoms with Crippen molar-refractivity contribution < 1.29 is 83.5 Å². The Labute approximate surface area is 168 Å². The monoisotopic (exact) mass is 537 g/mol. The number of rotatable bonds is 11. The third-order valence-electron chi connectivity index (χ3n) is 3.53. The van der Waals surface area contributed by atoms with Gasteiger partial charge in [-0.05, 0) is 13.8 Å². The maximum Gasteiger partial charge on any atom is 0.473 e. The van der Waals surface area contributed by atoms with Crippen LogP contribution < -0.4 is 0 Å². The van der Waals surface area contributed by atoms with Gasteiger partial charge in [-0.25, -0.2) is 0 Å². The van der Waals surface area contributed by atoms with Crippen molar-refractivity contribution in [2.75, 3.05) is 13.2 Å². The summed E-state index contributed by atoms with van der Waals surface area (Å²) in [6.07, 6.45) is -7.78. The van der Waals surface area contributed by atoms with E-state index in [1.807, 2.05) is 0 Å². The van der Waals surface area contributed by atoms with Crippen molar-refractivity contribution in [1.82, 2.24) is 0 Å². The molecule has 0 atom stereocenters. The van der Waals surface area contributed by atoms with Gasteiger partial charge in [-0.1, -0.05) is 0 Å². The number of hydrogen-bond acceptors (Lipinski definition) is 2. The predicted octanol–water partition coefficient (Wildman–Crippen LogP) is 6.10. The fourth-order valence-corrected chi connectivity index (χ4v) is 3.16. The van der Waals surface area contributed by atoms with E-state index in [2.05, 4.69) is 8.85 Å². The fourth-order valence-electron chi connectivity index (χ4n) is 1.78. The van der Waals surface area contributed by atoms with Crippen molar-refractivity contribution in [2.45, 2.75) is 61.1 Å². The minimum Gasteiger partial charge on any atom is -0.390 e. The largest absolute Gasteiger partial charge is 0.473 e. The molecular weight excluding hydrogens is 527 g/mol. The average molecular weight is 537 g/mol. The van der Waals surface area contributed by atoms with Crippen LogP contribution >= 0.6 is 0 Å². The highest BCUT2D eigenvalue weighted by atomic mass is 28.3. The highest BCUT2D eigenvalue weighted by molar-refractivity contribution is 6.48. The molecule has 0 heterocycles. The van der Waals surface area contributed by atoms with E-state index in [0.717, 1.165) is 13.8 Å². The molecule has 193 valence electrons. The molecule has 32 heavy (non-hydrogen) atoms. The molecule has 0 aliphatic heterocycles. The first-order chi connectivity index (χ1) is 13.8. The standard InChI is InChI=1S/C12H10F17O2Si/c1-3-30-32(31-4-2)12(28,29)10(23,24)8(19,20)6(15,16)5(13,14)7(17,18)9(21,22)11(25,26)27/h3-4H2,1-2H3. The zero-order valence-electron chi connectivity index (χ0n) is 15.2. The van der Waals surface area contributed by atoms with Crippen LogP contribution in [0.3, 0.4) is 0 Å². The zero-order valence-corrected chi connectivity index (χ0v) is 16.2. The lowest BCUT2D eigenvalue weighted by Crippen LogP contribution is -2.75. The molecule has 0 spiro atoms. The van der Waals surface area contributed by atoms with E-state index in [0.29, 0.717) is 0 Å². The van der Waals surface area contributed by atoms with Gasteiger partial charge in [0.05, 0.1) is 0 Å². The highest BCUT2D eigenvalue weighted by Crippen LogP contribution is 2.64. The summed E-state index contributed by atoms with van der Waals surface area (Å²) in [6.45, 7) is -0.543. The molecule has 0 amide bonds. The smallest absolute Gasteiger partial charge is 0.390 e. The zero-order chi connectivity index (χ0) is 26.4. The molecule has 0 unspecified atom stereocenters. The molecule has 20 heteroatoms. The molecule has 0 N–H and O–H groups in total. The van der Waals surface area contributed by atoms with Gasteiger partial charge in [0.2, 0.25) is 0 Å². The SMILES string of the molecule is CCO[Si](OCC)C(F)(F)C(F)(F)C(F)(F)C(F)(F)C(F)(F)C(F)(F)C(F)(F)C(F)(F)F. The Kier molecular flexibility index (Phi) is 8.34. The summed E-state index contributed by atoms with van der Waals surface area (Å²) in [6, 6.07) is 0. The van der Waals surface area contributed by atoms with Crippen LogP contribution in [-0.4, -0.2) is 69.8 Å². The van der Waals surface area contributed by atoms with Crippen LogP contribution in [0.25, 0.3) is 0 Å². The van der Waals surface area contributed by atoms with E-state index >= 15 is 0 Å². The van der Waals surface area contributed by atoms with Crippen molar-refractivity contribution in [3.05, 3.63) is 0 Å². The fraction of sp³-hybridized carbons (Fsp3) is 1.00. The first-order valence-corrected chi connectivity index (χ1v) is 8.93. The Morgan fingerprint density at radius 2 is 0.688 bits per heavy atom. The first kappa shape index (κ1) is 30.9. The van der Waals surface area contributed by atoms with Gasteiger partial charge in [0.25, 0.3) is 0 Å². The number of halogens is 17. The summed E-state index contributed by atoms with van der Waals surface area (Å²) in [4.78, 5) is 0. The van der Waals surface area contributed by atoms with Crippen LogP contribution in [-0.2, 0) is 8.85 Å². The van der Waals surface area contributed by atoms with Crippen LogP contribution in [0, 0.1) is 0 Å². The quantitative estimate of drug-likeness (QED) is 0.235. The third-order valence-corrected chi connectivity index (χ3v) is 5.46. The lowest BCUT2D eigenvalue weighted by molar-refractivity contribution is -0.459. The molecule has 1 radical (unpaired) electrons. The normalized spacial score (nSPS) is 16.1. The van der Waals surface area contributed by atoms with E-state index in [-0.39, 0.29) is 0 Å². The van der Waals surface area contributed by atoms with Gasteiger partial charge in [0.1, 0.15) is 0 Å². The molecule has 2 nitrogen and oxygen atoms in total. The minimum atomic E-state index is -8.65. The maximum absolute atomic E-state index is 13.8. The van der Waals surface area contributed by atoms with Crippen molar-refractivity contribution in [3.63, 3.8) is 0 Å². The van der Waals surface area contributed by atoms with Crippen molar-refractivity contribution in [3.8, 4) is 0 Å². The second kappa shape index (κ2) is 8.62. The van der Waals surface area contributed by atoms with Crippen LogP contribution in [0.2, 0.25) is 0 Å². The molecule has 0 aromatic rings. The van der Waals surface area contributed by atoms with Gasteiger partial charge >= 0.3 is 56.5 Å². The Morgan fingerprint density at radius 1 is 0.438 bits per heavy atom. The van der Waals surface area contributed by atoms with E-state index in [4.69, 9.17) is 0 Å². The summed E-state index contributed by atoms with van der Waals surface area (Å²) in [7, 11) is -5.11. The third kappa shape index (κ3) is 4.13. The number of alkyl halides is 17. The van der Waals surface area contributed by atoms with Crippen LogP contribution in [0.5, 0.6) is 0 Å². The summed E-state index contributed by atoms with van der Waals surface area (Å²) >= 11 is 0. The molecule has 0 fully saturated rings. The van der Waals surface area contributed by atoms with Gasteiger partial charge in [-0.2, -0.15) is 74.6 Å². The van der Waals surface area contributed by atoms with Crippen molar-refractivity contribution in [2.24, 2.45) is 0 Å². The second-order valence-electron chi connectivity index (χ2n) is 5.67.